The summed E-state index contributed by atoms with van der Waals surface area (Å²) in [5.74, 6) is -0.354. The third-order valence-electron chi connectivity index (χ3n) is 2.31. The highest BCUT2D eigenvalue weighted by molar-refractivity contribution is 7.71. The van der Waals surface area contributed by atoms with E-state index in [0.717, 1.165) is 5.56 Å². The normalized spacial score (nSPS) is 10.0. The molecule has 1 amide bonds. The van der Waals surface area contributed by atoms with Crippen LogP contribution in [0.15, 0.2) is 48.7 Å². The fourth-order valence-electron chi connectivity index (χ4n) is 1.41. The van der Waals surface area contributed by atoms with Crippen molar-refractivity contribution in [2.24, 2.45) is 0 Å². The fourth-order valence-corrected chi connectivity index (χ4v) is 1.64. The third kappa shape index (κ3) is 3.26. The third-order valence-corrected chi connectivity index (χ3v) is 2.65. The number of hydrogen-bond acceptors (Lipinski definition) is 3. The molecule has 1 heterocycles. The van der Waals surface area contributed by atoms with Crippen molar-refractivity contribution >= 4 is 18.1 Å². The number of rotatable bonds is 4. The van der Waals surface area contributed by atoms with Crippen molar-refractivity contribution < 1.29 is 9.63 Å². The van der Waals surface area contributed by atoms with E-state index in [1.54, 1.807) is 18.3 Å². The molecule has 0 atom stereocenters. The summed E-state index contributed by atoms with van der Waals surface area (Å²) in [6.07, 6.45) is 1.67. The zero-order valence-electron chi connectivity index (χ0n) is 9.55. The summed E-state index contributed by atoms with van der Waals surface area (Å²) in [6, 6.07) is 12.9. The number of carbonyl (C=O) groups excluding carboxylic acids is 1. The van der Waals surface area contributed by atoms with E-state index < -0.39 is 0 Å². The molecule has 2 aromatic rings. The average molecular weight is 260 g/mol. The minimum absolute atomic E-state index is 0.315. The van der Waals surface area contributed by atoms with Crippen molar-refractivity contribution in [1.29, 1.82) is 0 Å². The second-order valence-corrected chi connectivity index (χ2v) is 4.03. The van der Waals surface area contributed by atoms with E-state index >= 15 is 0 Å². The second kappa shape index (κ2) is 6.09. The molecule has 0 spiro atoms. The van der Waals surface area contributed by atoms with Crippen molar-refractivity contribution in [1.82, 2.24) is 10.5 Å². The van der Waals surface area contributed by atoms with Gasteiger partial charge in [-0.3, -0.25) is 9.63 Å². The van der Waals surface area contributed by atoms with Gasteiger partial charge in [-0.15, -0.1) is 0 Å². The van der Waals surface area contributed by atoms with Crippen molar-refractivity contribution in [3.8, 4) is 0 Å². The SMILES string of the molecule is O=C(NOCc1ccccc1)c1ccc[nH]c1=S. The summed E-state index contributed by atoms with van der Waals surface area (Å²) in [7, 11) is 0. The number of H-pyrrole nitrogens is 1. The van der Waals surface area contributed by atoms with Crippen LogP contribution in [-0.2, 0) is 11.4 Å². The summed E-state index contributed by atoms with van der Waals surface area (Å²) >= 11 is 5.00. The Morgan fingerprint density at radius 1 is 1.22 bits per heavy atom. The Bertz CT molecular complexity index is 581. The Morgan fingerprint density at radius 2 is 2.00 bits per heavy atom. The highest BCUT2D eigenvalue weighted by Gasteiger charge is 2.06. The molecule has 18 heavy (non-hydrogen) atoms. The second-order valence-electron chi connectivity index (χ2n) is 3.62. The lowest BCUT2D eigenvalue weighted by molar-refractivity contribution is 0.0233. The van der Waals surface area contributed by atoms with Crippen LogP contribution in [0.25, 0.3) is 0 Å². The standard InChI is InChI=1S/C13H12N2O2S/c16-12(11-7-4-8-14-13(11)18)15-17-9-10-5-2-1-3-6-10/h1-8H,9H2,(H,14,18)(H,15,16). The van der Waals surface area contributed by atoms with E-state index in [9.17, 15) is 4.79 Å². The van der Waals surface area contributed by atoms with E-state index in [1.807, 2.05) is 30.3 Å². The molecule has 0 aliphatic carbocycles. The summed E-state index contributed by atoms with van der Waals surface area (Å²) in [4.78, 5) is 19.7. The minimum Gasteiger partial charge on any atom is -0.352 e. The van der Waals surface area contributed by atoms with Gasteiger partial charge >= 0.3 is 0 Å². The van der Waals surface area contributed by atoms with Gasteiger partial charge in [-0.05, 0) is 17.7 Å². The quantitative estimate of drug-likeness (QED) is 0.656. The first-order valence-corrected chi connectivity index (χ1v) is 5.82. The van der Waals surface area contributed by atoms with Crippen molar-refractivity contribution in [2.75, 3.05) is 0 Å². The first kappa shape index (κ1) is 12.5. The molecule has 0 aliphatic heterocycles. The Hall–Kier alpha value is -1.98. The molecule has 5 heteroatoms. The van der Waals surface area contributed by atoms with Crippen LogP contribution in [0.4, 0.5) is 0 Å². The molecule has 0 bridgehead atoms. The summed E-state index contributed by atoms with van der Waals surface area (Å²) in [5, 5.41) is 0. The fraction of sp³-hybridized carbons (Fsp3) is 0.0769. The van der Waals surface area contributed by atoms with E-state index in [1.165, 1.54) is 0 Å². The van der Waals surface area contributed by atoms with Gasteiger partial charge in [-0.25, -0.2) is 5.48 Å². The van der Waals surface area contributed by atoms with Crippen LogP contribution >= 0.6 is 12.2 Å². The van der Waals surface area contributed by atoms with Gasteiger partial charge in [-0.2, -0.15) is 0 Å². The molecule has 0 saturated heterocycles. The van der Waals surface area contributed by atoms with E-state index in [4.69, 9.17) is 17.1 Å². The first-order chi connectivity index (χ1) is 8.77. The highest BCUT2D eigenvalue weighted by atomic mass is 32.1. The number of hydrogen-bond donors (Lipinski definition) is 2. The van der Waals surface area contributed by atoms with Gasteiger partial charge in [0, 0.05) is 6.20 Å². The van der Waals surface area contributed by atoms with Crippen molar-refractivity contribution in [3.05, 3.63) is 64.4 Å². The van der Waals surface area contributed by atoms with E-state index in [2.05, 4.69) is 10.5 Å². The Kier molecular flexibility index (Phi) is 4.22. The molecular weight excluding hydrogens is 248 g/mol. The van der Waals surface area contributed by atoms with Gasteiger partial charge in [-0.1, -0.05) is 42.5 Å². The summed E-state index contributed by atoms with van der Waals surface area (Å²) < 4.78 is 0.387. The van der Waals surface area contributed by atoms with Crippen LogP contribution in [0.3, 0.4) is 0 Å². The molecule has 2 rings (SSSR count). The number of benzene rings is 1. The monoisotopic (exact) mass is 260 g/mol. The number of amides is 1. The maximum absolute atomic E-state index is 11.7. The molecule has 0 unspecified atom stereocenters. The van der Waals surface area contributed by atoms with Gasteiger partial charge in [0.05, 0.1) is 12.2 Å². The molecule has 0 aliphatic rings. The predicted octanol–water partition coefficient (Wildman–Crippen LogP) is 2.61. The highest BCUT2D eigenvalue weighted by Crippen LogP contribution is 2.01. The van der Waals surface area contributed by atoms with Gasteiger partial charge in [0.2, 0.25) is 0 Å². The van der Waals surface area contributed by atoms with Gasteiger partial charge in [0.25, 0.3) is 5.91 Å². The topological polar surface area (TPSA) is 54.1 Å². The molecule has 0 fully saturated rings. The average Bonchev–Trinajstić information content (AvgIpc) is 2.40. The Morgan fingerprint density at radius 3 is 2.72 bits per heavy atom. The molecule has 4 nitrogen and oxygen atoms in total. The number of aromatic amines is 1. The lowest BCUT2D eigenvalue weighted by Crippen LogP contribution is -2.24. The van der Waals surface area contributed by atoms with Crippen LogP contribution in [-0.4, -0.2) is 10.9 Å². The van der Waals surface area contributed by atoms with Crippen molar-refractivity contribution in [3.63, 3.8) is 0 Å². The zero-order chi connectivity index (χ0) is 12.8. The maximum Gasteiger partial charge on any atom is 0.277 e. The van der Waals surface area contributed by atoms with Crippen molar-refractivity contribution in [2.45, 2.75) is 6.61 Å². The number of carbonyl (C=O) groups is 1. The van der Waals surface area contributed by atoms with E-state index in [-0.39, 0.29) is 5.91 Å². The summed E-state index contributed by atoms with van der Waals surface area (Å²) in [5.41, 5.74) is 3.73. The Labute approximate surface area is 110 Å². The van der Waals surface area contributed by atoms with Crippen LogP contribution in [0, 0.1) is 4.64 Å². The lowest BCUT2D eigenvalue weighted by Gasteiger charge is -2.05. The number of hydroxylamine groups is 1. The lowest BCUT2D eigenvalue weighted by atomic mass is 10.2. The molecular formula is C13H12N2O2S. The molecule has 2 N–H and O–H groups in total. The zero-order valence-corrected chi connectivity index (χ0v) is 10.4. The van der Waals surface area contributed by atoms with Gasteiger partial charge in [0.1, 0.15) is 4.64 Å². The number of nitrogens with one attached hydrogen (secondary N) is 2. The minimum atomic E-state index is -0.354. The first-order valence-electron chi connectivity index (χ1n) is 5.41. The van der Waals surface area contributed by atoms with Crippen LogP contribution in [0.5, 0.6) is 0 Å². The molecule has 1 aromatic heterocycles. The number of aromatic nitrogens is 1. The molecule has 0 saturated carbocycles. The van der Waals surface area contributed by atoms with Crippen LogP contribution in [0.2, 0.25) is 0 Å². The van der Waals surface area contributed by atoms with Crippen LogP contribution in [0.1, 0.15) is 15.9 Å². The smallest absolute Gasteiger partial charge is 0.277 e. The molecule has 1 aromatic carbocycles. The molecule has 92 valence electrons. The Balaban J connectivity index is 1.90. The predicted molar refractivity (Wildman–Crippen MR) is 70.3 cm³/mol. The van der Waals surface area contributed by atoms with Gasteiger partial charge < -0.3 is 4.98 Å². The maximum atomic E-state index is 11.7. The van der Waals surface area contributed by atoms with E-state index in [0.29, 0.717) is 16.8 Å². The largest absolute Gasteiger partial charge is 0.352 e. The van der Waals surface area contributed by atoms with Gasteiger partial charge in [0.15, 0.2) is 0 Å². The number of pyridine rings is 1. The van der Waals surface area contributed by atoms with Crippen LogP contribution < -0.4 is 5.48 Å². The summed E-state index contributed by atoms with van der Waals surface area (Å²) in [6.45, 7) is 0.315. The molecule has 0 radical (unpaired) electrons.